The maximum atomic E-state index is 13.2. The number of amides is 2. The molecule has 142 valence electrons. The van der Waals surface area contributed by atoms with Crippen LogP contribution in [0, 0.1) is 5.41 Å². The van der Waals surface area contributed by atoms with Gasteiger partial charge in [-0.1, -0.05) is 30.3 Å². The van der Waals surface area contributed by atoms with Crippen LogP contribution >= 0.6 is 0 Å². The summed E-state index contributed by atoms with van der Waals surface area (Å²) < 4.78 is 0. The first-order chi connectivity index (χ1) is 13.2. The Hall–Kier alpha value is -2.56. The van der Waals surface area contributed by atoms with Crippen molar-refractivity contribution in [1.29, 1.82) is 0 Å². The zero-order valence-electron chi connectivity index (χ0n) is 15.7. The van der Waals surface area contributed by atoms with Crippen LogP contribution in [0.2, 0.25) is 0 Å². The number of rotatable bonds is 5. The van der Waals surface area contributed by atoms with Gasteiger partial charge < -0.3 is 14.8 Å². The molecule has 2 amide bonds. The lowest BCUT2D eigenvalue weighted by Crippen LogP contribution is -2.50. The van der Waals surface area contributed by atoms with E-state index in [0.717, 1.165) is 45.2 Å². The van der Waals surface area contributed by atoms with Crippen LogP contribution in [0.1, 0.15) is 41.7 Å². The largest absolute Gasteiger partial charge is 0.357 e. The van der Waals surface area contributed by atoms with Crippen LogP contribution in [-0.2, 0) is 11.2 Å². The predicted octanol–water partition coefficient (Wildman–Crippen LogP) is 3.10. The Labute approximate surface area is 160 Å². The third-order valence-corrected chi connectivity index (χ3v) is 6.03. The summed E-state index contributed by atoms with van der Waals surface area (Å²) in [6, 6.07) is 14.1. The topological polar surface area (TPSA) is 56.4 Å². The Morgan fingerprint density at radius 2 is 1.93 bits per heavy atom. The van der Waals surface area contributed by atoms with Crippen molar-refractivity contribution in [1.82, 2.24) is 14.8 Å². The van der Waals surface area contributed by atoms with Crippen LogP contribution in [0.5, 0.6) is 0 Å². The number of hydrogen-bond acceptors (Lipinski definition) is 2. The molecule has 2 aromatic rings. The molecule has 2 aliphatic rings. The van der Waals surface area contributed by atoms with Gasteiger partial charge in [-0.15, -0.1) is 0 Å². The van der Waals surface area contributed by atoms with Crippen molar-refractivity contribution in [3.05, 3.63) is 59.9 Å². The summed E-state index contributed by atoms with van der Waals surface area (Å²) in [6.45, 7) is 2.88. The number of piperidine rings is 1. The zero-order valence-corrected chi connectivity index (χ0v) is 15.7. The minimum atomic E-state index is -0.368. The molecular weight excluding hydrogens is 338 g/mol. The van der Waals surface area contributed by atoms with Gasteiger partial charge in [-0.25, -0.2) is 0 Å². The fourth-order valence-electron chi connectivity index (χ4n) is 4.54. The normalized spacial score (nSPS) is 22.6. The number of benzene rings is 1. The van der Waals surface area contributed by atoms with Gasteiger partial charge in [0.25, 0.3) is 5.91 Å². The third-order valence-electron chi connectivity index (χ3n) is 6.03. The van der Waals surface area contributed by atoms with E-state index < -0.39 is 0 Å². The SMILES string of the molecule is O=C(c1ccc[nH]1)N1CCC2(CCCN(CCCc3ccccc3)C2=O)C1. The van der Waals surface area contributed by atoms with Gasteiger partial charge in [-0.3, -0.25) is 9.59 Å². The molecule has 0 aliphatic carbocycles. The van der Waals surface area contributed by atoms with Gasteiger partial charge in [-0.2, -0.15) is 0 Å². The number of H-pyrrole nitrogens is 1. The summed E-state index contributed by atoms with van der Waals surface area (Å²) in [4.78, 5) is 32.7. The fraction of sp³-hybridized carbons (Fsp3) is 0.455. The fourth-order valence-corrected chi connectivity index (χ4v) is 4.54. The Morgan fingerprint density at radius 1 is 1.07 bits per heavy atom. The molecule has 5 nitrogen and oxygen atoms in total. The molecular formula is C22H27N3O2. The number of aromatic nitrogens is 1. The first-order valence-corrected chi connectivity index (χ1v) is 9.94. The molecule has 5 heteroatoms. The molecule has 2 fully saturated rings. The van der Waals surface area contributed by atoms with E-state index >= 15 is 0 Å². The molecule has 1 aromatic heterocycles. The molecule has 0 bridgehead atoms. The number of hydrogen-bond donors (Lipinski definition) is 1. The Kier molecular flexibility index (Phi) is 5.01. The number of likely N-dealkylation sites (tertiary alicyclic amines) is 2. The number of carbonyl (C=O) groups is 2. The van der Waals surface area contributed by atoms with Crippen LogP contribution in [0.4, 0.5) is 0 Å². The second kappa shape index (κ2) is 7.59. The summed E-state index contributed by atoms with van der Waals surface area (Å²) in [6.07, 6.45) is 6.45. The van der Waals surface area contributed by atoms with Crippen molar-refractivity contribution >= 4 is 11.8 Å². The molecule has 2 aliphatic heterocycles. The maximum absolute atomic E-state index is 13.2. The highest BCUT2D eigenvalue weighted by atomic mass is 16.2. The van der Waals surface area contributed by atoms with E-state index in [0.29, 0.717) is 18.8 Å². The highest BCUT2D eigenvalue weighted by Crippen LogP contribution is 2.40. The van der Waals surface area contributed by atoms with Gasteiger partial charge in [0, 0.05) is 32.4 Å². The lowest BCUT2D eigenvalue weighted by Gasteiger charge is -2.39. The molecule has 1 N–H and O–H groups in total. The number of aromatic amines is 1. The van der Waals surface area contributed by atoms with Gasteiger partial charge in [-0.05, 0) is 49.8 Å². The molecule has 1 unspecified atom stereocenters. The van der Waals surface area contributed by atoms with Gasteiger partial charge in [0.05, 0.1) is 5.41 Å². The van der Waals surface area contributed by atoms with Gasteiger partial charge in [0.15, 0.2) is 0 Å². The smallest absolute Gasteiger partial charge is 0.270 e. The van der Waals surface area contributed by atoms with Gasteiger partial charge >= 0.3 is 0 Å². The van der Waals surface area contributed by atoms with Gasteiger partial charge in [0.2, 0.25) is 5.91 Å². The quantitative estimate of drug-likeness (QED) is 0.885. The van der Waals surface area contributed by atoms with Crippen LogP contribution in [-0.4, -0.2) is 52.8 Å². The van der Waals surface area contributed by atoms with Gasteiger partial charge in [0.1, 0.15) is 5.69 Å². The molecule has 27 heavy (non-hydrogen) atoms. The zero-order chi connectivity index (χ0) is 18.7. The van der Waals surface area contributed by atoms with Crippen molar-refractivity contribution in [2.24, 2.45) is 5.41 Å². The van der Waals surface area contributed by atoms with Crippen molar-refractivity contribution < 1.29 is 9.59 Å². The average molecular weight is 365 g/mol. The summed E-state index contributed by atoms with van der Waals surface area (Å²) in [5.74, 6) is 0.259. The van der Waals surface area contributed by atoms with Crippen molar-refractivity contribution in [3.8, 4) is 0 Å². The van der Waals surface area contributed by atoms with Crippen LogP contribution in [0.25, 0.3) is 0 Å². The van der Waals surface area contributed by atoms with Crippen molar-refractivity contribution in [3.63, 3.8) is 0 Å². The Morgan fingerprint density at radius 3 is 2.70 bits per heavy atom. The summed E-state index contributed by atoms with van der Waals surface area (Å²) in [5, 5.41) is 0. The average Bonchev–Trinajstić information content (AvgIpc) is 3.37. The Bertz CT molecular complexity index is 787. The molecule has 1 atom stereocenters. The van der Waals surface area contributed by atoms with E-state index in [9.17, 15) is 9.59 Å². The van der Waals surface area contributed by atoms with E-state index in [4.69, 9.17) is 0 Å². The molecule has 1 spiro atoms. The molecule has 3 heterocycles. The minimum absolute atomic E-state index is 0.00544. The van der Waals surface area contributed by atoms with E-state index in [1.165, 1.54) is 5.56 Å². The molecule has 0 saturated carbocycles. The molecule has 0 radical (unpaired) electrons. The standard InChI is InChI=1S/C22H27N3O2/c26-20(19-10-4-13-23-19)25-16-12-22(17-25)11-6-15-24(21(22)27)14-5-9-18-7-2-1-3-8-18/h1-4,7-8,10,13,23H,5-6,9,11-12,14-17H2. The van der Waals surface area contributed by atoms with E-state index in [1.54, 1.807) is 12.3 Å². The van der Waals surface area contributed by atoms with E-state index in [1.807, 2.05) is 21.9 Å². The second-order valence-electron chi connectivity index (χ2n) is 7.83. The van der Waals surface area contributed by atoms with E-state index in [2.05, 4.69) is 29.2 Å². The van der Waals surface area contributed by atoms with Crippen LogP contribution in [0.3, 0.4) is 0 Å². The molecule has 1 aromatic carbocycles. The lowest BCUT2D eigenvalue weighted by atomic mass is 9.78. The molecule has 2 saturated heterocycles. The monoisotopic (exact) mass is 365 g/mol. The van der Waals surface area contributed by atoms with Crippen LogP contribution < -0.4 is 0 Å². The number of nitrogens with zero attached hydrogens (tertiary/aromatic N) is 2. The lowest BCUT2D eigenvalue weighted by molar-refractivity contribution is -0.145. The maximum Gasteiger partial charge on any atom is 0.270 e. The minimum Gasteiger partial charge on any atom is -0.357 e. The summed E-state index contributed by atoms with van der Waals surface area (Å²) in [7, 11) is 0. The highest BCUT2D eigenvalue weighted by Gasteiger charge is 2.49. The van der Waals surface area contributed by atoms with E-state index in [-0.39, 0.29) is 17.2 Å². The number of carbonyl (C=O) groups excluding carboxylic acids is 2. The first kappa shape index (κ1) is 17.8. The predicted molar refractivity (Wildman–Crippen MR) is 104 cm³/mol. The first-order valence-electron chi connectivity index (χ1n) is 9.94. The number of aryl methyl sites for hydroxylation is 1. The summed E-state index contributed by atoms with van der Waals surface area (Å²) in [5.41, 5.74) is 1.56. The second-order valence-corrected chi connectivity index (χ2v) is 7.83. The number of nitrogens with one attached hydrogen (secondary N) is 1. The highest BCUT2D eigenvalue weighted by molar-refractivity contribution is 5.94. The van der Waals surface area contributed by atoms with Crippen molar-refractivity contribution in [2.75, 3.05) is 26.2 Å². The van der Waals surface area contributed by atoms with Crippen LogP contribution in [0.15, 0.2) is 48.7 Å². The molecule has 4 rings (SSSR count). The Balaban J connectivity index is 1.36. The third kappa shape index (κ3) is 3.64. The van der Waals surface area contributed by atoms with Crippen molar-refractivity contribution in [2.45, 2.75) is 32.1 Å². The summed E-state index contributed by atoms with van der Waals surface area (Å²) >= 11 is 0.